The molecule has 1 heterocycles. The second-order valence-electron chi connectivity index (χ2n) is 6.95. The van der Waals surface area contributed by atoms with Gasteiger partial charge in [0.2, 0.25) is 0 Å². The lowest BCUT2D eigenvalue weighted by atomic mass is 9.84. The van der Waals surface area contributed by atoms with Crippen LogP contribution < -0.4 is 10.6 Å². The maximum absolute atomic E-state index is 11.7. The largest absolute Gasteiger partial charge is 0.481 e. The molecule has 6 nitrogen and oxygen atoms in total. The minimum absolute atomic E-state index is 0.0800. The number of carbonyl (C=O) groups excluding carboxylic acids is 1. The molecule has 1 aliphatic rings. The van der Waals surface area contributed by atoms with Crippen LogP contribution in [0.15, 0.2) is 0 Å². The predicted molar refractivity (Wildman–Crippen MR) is 80.1 cm³/mol. The third-order valence-corrected chi connectivity index (χ3v) is 3.61. The molecule has 0 spiro atoms. The average molecular weight is 300 g/mol. The molecule has 3 N–H and O–H groups in total. The fourth-order valence-corrected chi connectivity index (χ4v) is 2.45. The summed E-state index contributed by atoms with van der Waals surface area (Å²) in [5, 5.41) is 14.7. The molecule has 21 heavy (non-hydrogen) atoms. The minimum Gasteiger partial charge on any atom is -0.481 e. The zero-order valence-corrected chi connectivity index (χ0v) is 13.3. The zero-order valence-electron chi connectivity index (χ0n) is 13.3. The SMILES string of the molecule is CC(C)(C)CC(CNC(=O)NCC1CCOCC1)C(=O)O. The number of carboxylic acid groups (broad SMARTS) is 1. The molecular weight excluding hydrogens is 272 g/mol. The quantitative estimate of drug-likeness (QED) is 0.698. The van der Waals surface area contributed by atoms with Crippen LogP contribution in [0.2, 0.25) is 0 Å². The summed E-state index contributed by atoms with van der Waals surface area (Å²) in [6, 6.07) is -0.290. The number of aliphatic carboxylic acids is 1. The second-order valence-corrected chi connectivity index (χ2v) is 6.95. The van der Waals surface area contributed by atoms with Crippen molar-refractivity contribution in [2.75, 3.05) is 26.3 Å². The summed E-state index contributed by atoms with van der Waals surface area (Å²) in [5.74, 6) is -0.970. The van der Waals surface area contributed by atoms with Crippen molar-refractivity contribution < 1.29 is 19.4 Å². The van der Waals surface area contributed by atoms with Gasteiger partial charge in [0.25, 0.3) is 0 Å². The van der Waals surface area contributed by atoms with Crippen LogP contribution in [0.4, 0.5) is 4.79 Å². The first kappa shape index (κ1) is 17.8. The van der Waals surface area contributed by atoms with Crippen LogP contribution >= 0.6 is 0 Å². The standard InChI is InChI=1S/C15H28N2O4/c1-15(2,3)8-12(13(18)19)10-17-14(20)16-9-11-4-6-21-7-5-11/h11-12H,4-10H2,1-3H3,(H,18,19)(H2,16,17,20). The molecule has 0 saturated carbocycles. The van der Waals surface area contributed by atoms with Crippen LogP contribution in [-0.4, -0.2) is 43.4 Å². The van der Waals surface area contributed by atoms with Gasteiger partial charge in [0.15, 0.2) is 0 Å². The molecular formula is C15H28N2O4. The van der Waals surface area contributed by atoms with Gasteiger partial charge in [-0.2, -0.15) is 0 Å². The molecule has 1 fully saturated rings. The molecule has 0 aliphatic carbocycles. The van der Waals surface area contributed by atoms with E-state index in [4.69, 9.17) is 4.74 Å². The Bertz CT molecular complexity index is 346. The van der Waals surface area contributed by atoms with Gasteiger partial charge in [-0.25, -0.2) is 4.79 Å². The van der Waals surface area contributed by atoms with Crippen LogP contribution in [0, 0.1) is 17.3 Å². The zero-order chi connectivity index (χ0) is 15.9. The lowest BCUT2D eigenvalue weighted by Crippen LogP contribution is -2.42. The van der Waals surface area contributed by atoms with E-state index in [2.05, 4.69) is 10.6 Å². The number of hydrogen-bond acceptors (Lipinski definition) is 3. The van der Waals surface area contributed by atoms with Crippen molar-refractivity contribution in [3.63, 3.8) is 0 Å². The molecule has 122 valence electrons. The fraction of sp³-hybridized carbons (Fsp3) is 0.867. The summed E-state index contributed by atoms with van der Waals surface area (Å²) in [5.41, 5.74) is -0.0800. The first-order valence-corrected chi connectivity index (χ1v) is 7.60. The van der Waals surface area contributed by atoms with Crippen LogP contribution in [-0.2, 0) is 9.53 Å². The van der Waals surface area contributed by atoms with Gasteiger partial charge in [-0.05, 0) is 30.6 Å². The number of nitrogens with one attached hydrogen (secondary N) is 2. The van der Waals surface area contributed by atoms with E-state index in [9.17, 15) is 14.7 Å². The van der Waals surface area contributed by atoms with Crippen molar-refractivity contribution in [2.24, 2.45) is 17.3 Å². The summed E-state index contributed by atoms with van der Waals surface area (Å²) in [7, 11) is 0. The number of urea groups is 1. The van der Waals surface area contributed by atoms with Crippen molar-refractivity contribution >= 4 is 12.0 Å². The van der Waals surface area contributed by atoms with Crippen molar-refractivity contribution in [1.29, 1.82) is 0 Å². The topological polar surface area (TPSA) is 87.7 Å². The Labute approximate surface area is 126 Å². The monoisotopic (exact) mass is 300 g/mol. The number of carbonyl (C=O) groups is 2. The van der Waals surface area contributed by atoms with Gasteiger partial charge in [0.1, 0.15) is 0 Å². The lowest BCUT2D eigenvalue weighted by molar-refractivity contribution is -0.142. The summed E-state index contributed by atoms with van der Waals surface area (Å²) < 4.78 is 5.26. The van der Waals surface area contributed by atoms with Crippen LogP contribution in [0.25, 0.3) is 0 Å². The van der Waals surface area contributed by atoms with Crippen molar-refractivity contribution in [3.05, 3.63) is 0 Å². The Morgan fingerprint density at radius 1 is 1.24 bits per heavy atom. The van der Waals surface area contributed by atoms with Crippen molar-refractivity contribution in [2.45, 2.75) is 40.0 Å². The van der Waals surface area contributed by atoms with Gasteiger partial charge in [0, 0.05) is 26.3 Å². The Morgan fingerprint density at radius 2 is 1.86 bits per heavy atom. The van der Waals surface area contributed by atoms with Crippen molar-refractivity contribution in [1.82, 2.24) is 10.6 Å². The van der Waals surface area contributed by atoms with E-state index in [1.54, 1.807) is 0 Å². The molecule has 2 amide bonds. The van der Waals surface area contributed by atoms with Crippen molar-refractivity contribution in [3.8, 4) is 0 Å². The predicted octanol–water partition coefficient (Wildman–Crippen LogP) is 1.85. The average Bonchev–Trinajstić information content (AvgIpc) is 2.41. The highest BCUT2D eigenvalue weighted by molar-refractivity contribution is 5.75. The first-order chi connectivity index (χ1) is 9.78. The van der Waals surface area contributed by atoms with E-state index in [0.717, 1.165) is 26.1 Å². The first-order valence-electron chi connectivity index (χ1n) is 7.60. The van der Waals surface area contributed by atoms with E-state index < -0.39 is 11.9 Å². The Hall–Kier alpha value is -1.30. The van der Waals surface area contributed by atoms with E-state index in [1.807, 2.05) is 20.8 Å². The summed E-state index contributed by atoms with van der Waals surface area (Å²) in [6.07, 6.45) is 2.45. The Kier molecular flexibility index (Phi) is 6.95. The molecule has 0 bridgehead atoms. The number of hydrogen-bond donors (Lipinski definition) is 3. The maximum Gasteiger partial charge on any atom is 0.314 e. The lowest BCUT2D eigenvalue weighted by Gasteiger charge is -2.24. The normalized spacial score (nSPS) is 18.0. The van der Waals surface area contributed by atoms with Gasteiger partial charge in [-0.3, -0.25) is 4.79 Å². The van der Waals surface area contributed by atoms with E-state index in [-0.39, 0.29) is 18.0 Å². The van der Waals surface area contributed by atoms with Gasteiger partial charge in [-0.1, -0.05) is 20.8 Å². The van der Waals surface area contributed by atoms with E-state index >= 15 is 0 Å². The third-order valence-electron chi connectivity index (χ3n) is 3.61. The van der Waals surface area contributed by atoms with E-state index in [0.29, 0.717) is 18.9 Å². The number of ether oxygens (including phenoxy) is 1. The van der Waals surface area contributed by atoms with Crippen LogP contribution in [0.5, 0.6) is 0 Å². The summed E-state index contributed by atoms with van der Waals surface area (Å²) in [4.78, 5) is 22.9. The van der Waals surface area contributed by atoms with Crippen LogP contribution in [0.1, 0.15) is 40.0 Å². The number of rotatable bonds is 6. The highest BCUT2D eigenvalue weighted by Crippen LogP contribution is 2.24. The molecule has 1 rings (SSSR count). The molecule has 0 aromatic rings. The molecule has 0 radical (unpaired) electrons. The van der Waals surface area contributed by atoms with E-state index in [1.165, 1.54) is 0 Å². The molecule has 1 unspecified atom stereocenters. The highest BCUT2D eigenvalue weighted by atomic mass is 16.5. The maximum atomic E-state index is 11.7. The minimum atomic E-state index is -0.866. The summed E-state index contributed by atoms with van der Waals surface area (Å²) >= 11 is 0. The second kappa shape index (κ2) is 8.22. The number of carboxylic acids is 1. The molecule has 1 saturated heterocycles. The van der Waals surface area contributed by atoms with Gasteiger partial charge in [-0.15, -0.1) is 0 Å². The van der Waals surface area contributed by atoms with Gasteiger partial charge in [0.05, 0.1) is 5.92 Å². The number of amides is 2. The van der Waals surface area contributed by atoms with Crippen LogP contribution in [0.3, 0.4) is 0 Å². The fourth-order valence-electron chi connectivity index (χ4n) is 2.45. The van der Waals surface area contributed by atoms with Gasteiger partial charge >= 0.3 is 12.0 Å². The molecule has 1 aliphatic heterocycles. The summed E-state index contributed by atoms with van der Waals surface area (Å²) in [6.45, 7) is 8.26. The Morgan fingerprint density at radius 3 is 2.38 bits per heavy atom. The van der Waals surface area contributed by atoms with Gasteiger partial charge < -0.3 is 20.5 Å². The highest BCUT2D eigenvalue weighted by Gasteiger charge is 2.25. The Balaban J connectivity index is 2.27. The third kappa shape index (κ3) is 7.90. The molecule has 0 aromatic carbocycles. The molecule has 1 atom stereocenters. The molecule has 0 aromatic heterocycles. The molecule has 6 heteroatoms. The smallest absolute Gasteiger partial charge is 0.314 e.